The molecular weight excluding hydrogens is 549 g/mol. The summed E-state index contributed by atoms with van der Waals surface area (Å²) in [6.07, 6.45) is 3.45. The van der Waals surface area contributed by atoms with Gasteiger partial charge in [-0.15, -0.1) is 11.3 Å². The molecule has 2 aromatic carbocycles. The zero-order valence-corrected chi connectivity index (χ0v) is 23.6. The number of nitrogens with one attached hydrogen (secondary N) is 1. The second-order valence-corrected chi connectivity index (χ2v) is 11.0. The number of anilines is 3. The van der Waals surface area contributed by atoms with E-state index in [-0.39, 0.29) is 17.3 Å². The van der Waals surface area contributed by atoms with E-state index >= 15 is 4.39 Å². The van der Waals surface area contributed by atoms with Gasteiger partial charge in [0.05, 0.1) is 16.1 Å². The van der Waals surface area contributed by atoms with Gasteiger partial charge in [-0.25, -0.2) is 9.37 Å². The van der Waals surface area contributed by atoms with E-state index < -0.39 is 0 Å². The Morgan fingerprint density at radius 2 is 1.88 bits per heavy atom. The van der Waals surface area contributed by atoms with Crippen molar-refractivity contribution in [1.29, 1.82) is 0 Å². The van der Waals surface area contributed by atoms with Crippen molar-refractivity contribution in [2.24, 2.45) is 0 Å². The van der Waals surface area contributed by atoms with Crippen molar-refractivity contribution in [2.45, 2.75) is 13.5 Å². The van der Waals surface area contributed by atoms with Crippen LogP contribution in [0.15, 0.2) is 65.2 Å². The molecule has 0 unspecified atom stereocenters. The maximum absolute atomic E-state index is 15.0. The van der Waals surface area contributed by atoms with Crippen LogP contribution >= 0.6 is 22.9 Å². The number of nitrogens with zero attached hydrogens (tertiary/aromatic N) is 6. The third-order valence-electron chi connectivity index (χ3n) is 7.17. The van der Waals surface area contributed by atoms with E-state index in [1.165, 1.54) is 17.4 Å². The first-order valence-electron chi connectivity index (χ1n) is 13.0. The molecule has 0 radical (unpaired) electrons. The average Bonchev–Trinajstić information content (AvgIpc) is 3.49. The number of rotatable bonds is 6. The summed E-state index contributed by atoms with van der Waals surface area (Å²) in [5.41, 5.74) is 5.23. The molecule has 11 heteroatoms. The number of aromatic nitrogens is 4. The fourth-order valence-electron chi connectivity index (χ4n) is 4.97. The number of fused-ring (bicyclic) bond motifs is 1. The predicted molar refractivity (Wildman–Crippen MR) is 160 cm³/mol. The van der Waals surface area contributed by atoms with Crippen LogP contribution in [0, 0.1) is 5.82 Å². The lowest BCUT2D eigenvalue weighted by Gasteiger charge is -2.34. The first kappa shape index (κ1) is 26.4. The molecule has 5 aromatic rings. The van der Waals surface area contributed by atoms with Crippen LogP contribution in [-0.4, -0.2) is 57.6 Å². The zero-order chi connectivity index (χ0) is 27.8. The van der Waals surface area contributed by atoms with Gasteiger partial charge in [0.1, 0.15) is 11.5 Å². The molecule has 0 saturated carbocycles. The van der Waals surface area contributed by atoms with Gasteiger partial charge in [0.2, 0.25) is 5.95 Å². The van der Waals surface area contributed by atoms with Gasteiger partial charge in [-0.2, -0.15) is 4.98 Å². The molecule has 8 nitrogen and oxygen atoms in total. The SMILES string of the molecule is CCn1c(=O)c(-c2ccc(-c3cncs3)cc2Cl)cc2cnc(Nc3ccc(N4CCN(C)CC4)c(F)c3)nc21. The molecule has 1 fully saturated rings. The summed E-state index contributed by atoms with van der Waals surface area (Å²) in [4.78, 5) is 32.0. The van der Waals surface area contributed by atoms with Crippen LogP contribution in [0.25, 0.3) is 32.6 Å². The van der Waals surface area contributed by atoms with Gasteiger partial charge >= 0.3 is 0 Å². The Bertz CT molecular complexity index is 1750. The van der Waals surface area contributed by atoms with Gasteiger partial charge in [0, 0.05) is 72.3 Å². The number of thiazole rings is 1. The molecule has 204 valence electrons. The van der Waals surface area contributed by atoms with E-state index in [0.717, 1.165) is 36.6 Å². The summed E-state index contributed by atoms with van der Waals surface area (Å²) < 4.78 is 16.6. The number of likely N-dealkylation sites (N-methyl/N-ethyl adjacent to an activating group) is 1. The summed E-state index contributed by atoms with van der Waals surface area (Å²) >= 11 is 8.18. The monoisotopic (exact) mass is 575 g/mol. The summed E-state index contributed by atoms with van der Waals surface area (Å²) in [6, 6.07) is 12.5. The Balaban J connectivity index is 1.30. The first-order chi connectivity index (χ1) is 19.4. The highest BCUT2D eigenvalue weighted by Crippen LogP contribution is 2.33. The predicted octanol–water partition coefficient (Wildman–Crippen LogP) is 5.89. The molecular formula is C29H27ClFN7OS. The minimum absolute atomic E-state index is 0.199. The second-order valence-electron chi connectivity index (χ2n) is 9.72. The van der Waals surface area contributed by atoms with Crippen molar-refractivity contribution in [3.63, 3.8) is 0 Å². The number of halogens is 2. The highest BCUT2D eigenvalue weighted by molar-refractivity contribution is 7.13. The van der Waals surface area contributed by atoms with Crippen molar-refractivity contribution < 1.29 is 4.39 Å². The molecule has 0 amide bonds. The first-order valence-corrected chi connectivity index (χ1v) is 14.3. The summed E-state index contributed by atoms with van der Waals surface area (Å²) in [5, 5.41) is 4.26. The third-order valence-corrected chi connectivity index (χ3v) is 8.30. The Hall–Kier alpha value is -3.86. The van der Waals surface area contributed by atoms with Crippen molar-refractivity contribution in [3.8, 4) is 21.6 Å². The molecule has 1 aliphatic rings. The molecule has 0 bridgehead atoms. The fourth-order valence-corrected chi connectivity index (χ4v) is 5.87. The Morgan fingerprint density at radius 1 is 1.05 bits per heavy atom. The average molecular weight is 576 g/mol. The van der Waals surface area contributed by atoms with Crippen LogP contribution in [-0.2, 0) is 6.54 Å². The van der Waals surface area contributed by atoms with Gasteiger partial charge in [-0.3, -0.25) is 14.3 Å². The van der Waals surface area contributed by atoms with Gasteiger partial charge in [0.15, 0.2) is 0 Å². The lowest BCUT2D eigenvalue weighted by Crippen LogP contribution is -2.44. The number of benzene rings is 2. The number of pyridine rings is 1. The summed E-state index contributed by atoms with van der Waals surface area (Å²) in [5.74, 6) is -0.0239. The molecule has 1 saturated heterocycles. The van der Waals surface area contributed by atoms with Crippen LogP contribution in [0.3, 0.4) is 0 Å². The van der Waals surface area contributed by atoms with E-state index in [2.05, 4.69) is 37.1 Å². The molecule has 0 spiro atoms. The number of aryl methyl sites for hydroxylation is 1. The largest absolute Gasteiger partial charge is 0.367 e. The standard InChI is InChI=1S/C29H27ClFN7OS/c1-3-38-27-19(12-22(28(38)39)21-6-4-18(13-23(21)30)26-16-32-17-40-26)15-33-29(35-27)34-20-5-7-25(24(31)14-20)37-10-8-36(2)9-11-37/h4-7,12-17H,3,8-11H2,1-2H3,(H,33,34,35). The minimum Gasteiger partial charge on any atom is -0.367 e. The third kappa shape index (κ3) is 5.05. The Kier molecular flexibility index (Phi) is 7.22. The number of hydrogen-bond acceptors (Lipinski definition) is 8. The Morgan fingerprint density at radius 3 is 2.58 bits per heavy atom. The summed E-state index contributed by atoms with van der Waals surface area (Å²) in [7, 11) is 2.07. The normalized spacial score (nSPS) is 14.2. The molecule has 0 atom stereocenters. The smallest absolute Gasteiger partial charge is 0.260 e. The highest BCUT2D eigenvalue weighted by atomic mass is 35.5. The van der Waals surface area contributed by atoms with Crippen LogP contribution < -0.4 is 15.8 Å². The molecule has 4 heterocycles. The molecule has 1 N–H and O–H groups in total. The lowest BCUT2D eigenvalue weighted by atomic mass is 10.0. The van der Waals surface area contributed by atoms with Crippen LogP contribution in [0.4, 0.5) is 21.7 Å². The number of piperazine rings is 1. The van der Waals surface area contributed by atoms with Gasteiger partial charge in [-0.1, -0.05) is 23.7 Å². The molecule has 0 aliphatic carbocycles. The van der Waals surface area contributed by atoms with E-state index in [4.69, 9.17) is 11.6 Å². The lowest BCUT2D eigenvalue weighted by molar-refractivity contribution is 0.311. The topological polar surface area (TPSA) is 79.2 Å². The highest BCUT2D eigenvalue weighted by Gasteiger charge is 2.19. The second kappa shape index (κ2) is 11.0. The molecule has 6 rings (SSSR count). The van der Waals surface area contributed by atoms with Crippen molar-refractivity contribution in [3.05, 3.63) is 81.6 Å². The van der Waals surface area contributed by atoms with Crippen LogP contribution in [0.2, 0.25) is 5.02 Å². The van der Waals surface area contributed by atoms with Crippen LogP contribution in [0.5, 0.6) is 0 Å². The van der Waals surface area contributed by atoms with Crippen molar-refractivity contribution in [2.75, 3.05) is 43.4 Å². The van der Waals surface area contributed by atoms with Gasteiger partial charge < -0.3 is 15.1 Å². The van der Waals surface area contributed by atoms with E-state index in [1.54, 1.807) is 34.6 Å². The molecule has 3 aromatic heterocycles. The fraction of sp³-hybridized carbons (Fsp3) is 0.241. The zero-order valence-electron chi connectivity index (χ0n) is 22.1. The van der Waals surface area contributed by atoms with Crippen LogP contribution in [0.1, 0.15) is 6.92 Å². The van der Waals surface area contributed by atoms with E-state index in [9.17, 15) is 4.79 Å². The van der Waals surface area contributed by atoms with Crippen molar-refractivity contribution in [1.82, 2.24) is 24.4 Å². The maximum atomic E-state index is 15.0. The van der Waals surface area contributed by atoms with E-state index in [1.807, 2.05) is 31.2 Å². The molecule has 40 heavy (non-hydrogen) atoms. The molecule has 1 aliphatic heterocycles. The quantitative estimate of drug-likeness (QED) is 0.270. The maximum Gasteiger partial charge on any atom is 0.260 e. The number of hydrogen-bond donors (Lipinski definition) is 1. The minimum atomic E-state index is -0.302. The summed E-state index contributed by atoms with van der Waals surface area (Å²) in [6.45, 7) is 5.66. The van der Waals surface area contributed by atoms with Gasteiger partial charge in [0.25, 0.3) is 5.56 Å². The Labute approximate surface area is 239 Å². The van der Waals surface area contributed by atoms with Crippen molar-refractivity contribution >= 4 is 51.3 Å². The van der Waals surface area contributed by atoms with E-state index in [0.29, 0.717) is 45.1 Å². The van der Waals surface area contributed by atoms with Gasteiger partial charge in [-0.05, 0) is 49.9 Å².